The Morgan fingerprint density at radius 3 is 2.63 bits per heavy atom. The molecule has 3 heterocycles. The third kappa shape index (κ3) is 4.84. The number of nitrogens with zero attached hydrogens (tertiary/aromatic N) is 6. The van der Waals surface area contributed by atoms with Crippen LogP contribution in [-0.2, 0) is 11.2 Å². The number of rotatable bonds is 6. The van der Waals surface area contributed by atoms with Crippen molar-refractivity contribution in [3.63, 3.8) is 0 Å². The van der Waals surface area contributed by atoms with Crippen LogP contribution in [0.25, 0.3) is 11.0 Å². The van der Waals surface area contributed by atoms with Crippen LogP contribution in [0.2, 0.25) is 0 Å². The number of likely N-dealkylation sites (tertiary alicyclic amines) is 1. The van der Waals surface area contributed by atoms with Gasteiger partial charge in [0.05, 0.1) is 17.8 Å². The van der Waals surface area contributed by atoms with Gasteiger partial charge in [0.2, 0.25) is 5.91 Å². The molecule has 0 bridgehead atoms. The summed E-state index contributed by atoms with van der Waals surface area (Å²) in [6.07, 6.45) is 3.87. The summed E-state index contributed by atoms with van der Waals surface area (Å²) in [5.74, 6) is 0.291. The molecule has 0 aliphatic carbocycles. The van der Waals surface area contributed by atoms with Gasteiger partial charge in [-0.1, -0.05) is 6.07 Å². The molecular weight excluding hydrogens is 444 g/mol. The Morgan fingerprint density at radius 2 is 1.94 bits per heavy atom. The summed E-state index contributed by atoms with van der Waals surface area (Å²) >= 11 is 0. The number of benzene rings is 1. The maximum atomic E-state index is 13.5. The van der Waals surface area contributed by atoms with Crippen molar-refractivity contribution in [3.8, 4) is 0 Å². The minimum Gasteiger partial charge on any atom is -0.372 e. The Morgan fingerprint density at radius 1 is 1.17 bits per heavy atom. The highest BCUT2D eigenvalue weighted by Crippen LogP contribution is 2.30. The molecule has 1 fully saturated rings. The van der Waals surface area contributed by atoms with Gasteiger partial charge < -0.3 is 20.4 Å². The van der Waals surface area contributed by atoms with E-state index in [1.807, 2.05) is 30.7 Å². The predicted molar refractivity (Wildman–Crippen MR) is 137 cm³/mol. The molecule has 1 saturated heterocycles. The fraction of sp³-hybridized carbons (Fsp3) is 0.480. The van der Waals surface area contributed by atoms with Crippen molar-refractivity contribution in [2.75, 3.05) is 51.9 Å². The van der Waals surface area contributed by atoms with Gasteiger partial charge in [-0.05, 0) is 63.0 Å². The number of nitrogens with one attached hydrogen (secondary N) is 2. The van der Waals surface area contributed by atoms with Gasteiger partial charge in [0.25, 0.3) is 5.91 Å². The lowest BCUT2D eigenvalue weighted by atomic mass is 9.98. The number of piperidine rings is 1. The lowest BCUT2D eigenvalue weighted by Gasteiger charge is -2.29. The molecule has 1 unspecified atom stereocenters. The molecule has 0 spiro atoms. The van der Waals surface area contributed by atoms with Crippen molar-refractivity contribution in [1.29, 1.82) is 0 Å². The zero-order valence-electron chi connectivity index (χ0n) is 21.3. The number of amides is 2. The second kappa shape index (κ2) is 9.99. The van der Waals surface area contributed by atoms with Crippen molar-refractivity contribution in [2.45, 2.75) is 39.2 Å². The molecule has 10 nitrogen and oxygen atoms in total. The average molecular weight is 479 g/mol. The zero-order chi connectivity index (χ0) is 25.3. The van der Waals surface area contributed by atoms with Gasteiger partial charge in [0.1, 0.15) is 12.1 Å². The molecule has 1 aliphatic heterocycles. The summed E-state index contributed by atoms with van der Waals surface area (Å²) in [5.41, 5.74) is 4.49. The third-order valence-electron chi connectivity index (χ3n) is 6.87. The number of carbonyl (C=O) groups excluding carboxylic acids is 2. The van der Waals surface area contributed by atoms with Crippen LogP contribution < -0.4 is 10.6 Å². The minimum atomic E-state index is -0.316. The summed E-state index contributed by atoms with van der Waals surface area (Å²) in [6, 6.07) is 3.88. The molecule has 2 N–H and O–H groups in total. The van der Waals surface area contributed by atoms with Crippen molar-refractivity contribution in [1.82, 2.24) is 29.5 Å². The minimum absolute atomic E-state index is 0.0363. The lowest BCUT2D eigenvalue weighted by Crippen LogP contribution is -2.34. The highest BCUT2D eigenvalue weighted by atomic mass is 16.2. The Bertz CT molecular complexity index is 1270. The number of aromatic nitrogens is 4. The van der Waals surface area contributed by atoms with E-state index >= 15 is 0 Å². The third-order valence-corrected chi connectivity index (χ3v) is 6.87. The van der Waals surface area contributed by atoms with Crippen LogP contribution in [0, 0.1) is 13.8 Å². The molecule has 2 amide bonds. The van der Waals surface area contributed by atoms with E-state index in [2.05, 4.69) is 32.5 Å². The SMILES string of the molecule is CNc1ncnc2c1c(C(=O)Nc1ccc(CC(=O)N(C)C)c(C)c1C)nn2C1CCCN(C)C1. The van der Waals surface area contributed by atoms with E-state index in [-0.39, 0.29) is 17.9 Å². The van der Waals surface area contributed by atoms with Gasteiger partial charge in [0, 0.05) is 33.4 Å². The van der Waals surface area contributed by atoms with Gasteiger partial charge in [-0.2, -0.15) is 5.10 Å². The van der Waals surface area contributed by atoms with Crippen molar-refractivity contribution in [3.05, 3.63) is 40.8 Å². The molecule has 3 aromatic rings. The van der Waals surface area contributed by atoms with Gasteiger partial charge in [-0.25, -0.2) is 14.6 Å². The fourth-order valence-electron chi connectivity index (χ4n) is 4.62. The van der Waals surface area contributed by atoms with E-state index in [9.17, 15) is 9.59 Å². The Kier molecular flexibility index (Phi) is 7.02. The van der Waals surface area contributed by atoms with Crippen molar-refractivity contribution < 1.29 is 9.59 Å². The van der Waals surface area contributed by atoms with E-state index in [0.29, 0.717) is 34.7 Å². The first-order chi connectivity index (χ1) is 16.7. The van der Waals surface area contributed by atoms with Gasteiger partial charge in [0.15, 0.2) is 11.3 Å². The molecule has 186 valence electrons. The first-order valence-electron chi connectivity index (χ1n) is 11.9. The van der Waals surface area contributed by atoms with Crippen LogP contribution in [0.1, 0.15) is 46.1 Å². The molecule has 10 heteroatoms. The maximum absolute atomic E-state index is 13.5. The summed E-state index contributed by atoms with van der Waals surface area (Å²) in [5, 5.41) is 11.5. The average Bonchev–Trinajstić information content (AvgIpc) is 3.23. The normalized spacial score (nSPS) is 16.3. The molecular formula is C25H34N8O2. The maximum Gasteiger partial charge on any atom is 0.277 e. The summed E-state index contributed by atoms with van der Waals surface area (Å²) < 4.78 is 1.89. The molecule has 0 radical (unpaired) electrons. The number of anilines is 2. The monoisotopic (exact) mass is 478 g/mol. The molecule has 0 saturated carbocycles. The number of hydrogen-bond acceptors (Lipinski definition) is 7. The van der Waals surface area contributed by atoms with Crippen LogP contribution in [0.4, 0.5) is 11.5 Å². The topological polar surface area (TPSA) is 108 Å². The second-order valence-corrected chi connectivity index (χ2v) is 9.46. The van der Waals surface area contributed by atoms with Gasteiger partial charge >= 0.3 is 0 Å². The van der Waals surface area contributed by atoms with E-state index in [0.717, 1.165) is 42.6 Å². The van der Waals surface area contributed by atoms with Crippen LogP contribution in [-0.4, -0.2) is 82.6 Å². The van der Waals surface area contributed by atoms with E-state index in [1.54, 1.807) is 26.0 Å². The van der Waals surface area contributed by atoms with Crippen LogP contribution >= 0.6 is 0 Å². The summed E-state index contributed by atoms with van der Waals surface area (Å²) in [6.45, 7) is 5.82. The number of fused-ring (bicyclic) bond motifs is 1. The summed E-state index contributed by atoms with van der Waals surface area (Å²) in [4.78, 5) is 38.4. The first-order valence-corrected chi connectivity index (χ1v) is 11.9. The van der Waals surface area contributed by atoms with E-state index < -0.39 is 0 Å². The standard InChI is InChI=1S/C25H34N8O2/c1-15-16(2)19(10-9-17(15)12-20(34)31(4)5)29-25(35)22-21-23(26-3)27-14-28-24(21)33(30-22)18-8-7-11-32(6)13-18/h9-10,14,18H,7-8,11-13H2,1-6H3,(H,29,35)(H,26,27,28). The second-order valence-electron chi connectivity index (χ2n) is 9.46. The number of hydrogen-bond donors (Lipinski definition) is 2. The Hall–Kier alpha value is -3.53. The highest BCUT2D eigenvalue weighted by Gasteiger charge is 2.28. The Labute approximate surface area is 205 Å². The molecule has 4 rings (SSSR count). The lowest BCUT2D eigenvalue weighted by molar-refractivity contribution is -0.127. The fourth-order valence-corrected chi connectivity index (χ4v) is 4.62. The highest BCUT2D eigenvalue weighted by molar-refractivity contribution is 6.13. The largest absolute Gasteiger partial charge is 0.372 e. The van der Waals surface area contributed by atoms with Crippen LogP contribution in [0.5, 0.6) is 0 Å². The van der Waals surface area contributed by atoms with E-state index in [1.165, 1.54) is 6.33 Å². The smallest absolute Gasteiger partial charge is 0.277 e. The quantitative estimate of drug-likeness (QED) is 0.561. The number of likely N-dealkylation sites (N-methyl/N-ethyl adjacent to an activating group) is 2. The van der Waals surface area contributed by atoms with Crippen molar-refractivity contribution in [2.24, 2.45) is 0 Å². The molecule has 2 aromatic heterocycles. The molecule has 1 aromatic carbocycles. The zero-order valence-corrected chi connectivity index (χ0v) is 21.3. The predicted octanol–water partition coefficient (Wildman–Crippen LogP) is 2.63. The Balaban J connectivity index is 1.69. The van der Waals surface area contributed by atoms with Gasteiger partial charge in [-0.3, -0.25) is 9.59 Å². The first kappa shape index (κ1) is 24.6. The number of carbonyl (C=O) groups is 2. The molecule has 1 aliphatic rings. The van der Waals surface area contributed by atoms with Crippen LogP contribution in [0.3, 0.4) is 0 Å². The van der Waals surface area contributed by atoms with E-state index in [4.69, 9.17) is 5.10 Å². The summed E-state index contributed by atoms with van der Waals surface area (Å²) in [7, 11) is 7.37. The molecule has 35 heavy (non-hydrogen) atoms. The van der Waals surface area contributed by atoms with Crippen LogP contribution in [0.15, 0.2) is 18.5 Å². The van der Waals surface area contributed by atoms with Gasteiger partial charge in [-0.15, -0.1) is 0 Å². The van der Waals surface area contributed by atoms with Crippen molar-refractivity contribution >= 4 is 34.4 Å². The molecule has 1 atom stereocenters.